The van der Waals surface area contributed by atoms with Crippen LogP contribution >= 0.6 is 15.9 Å². The van der Waals surface area contributed by atoms with E-state index < -0.39 is 0 Å². The van der Waals surface area contributed by atoms with Crippen molar-refractivity contribution >= 4 is 21.7 Å². The van der Waals surface area contributed by atoms with Crippen LogP contribution in [0.15, 0.2) is 16.7 Å². The van der Waals surface area contributed by atoms with E-state index in [2.05, 4.69) is 51.0 Å². The molecule has 0 radical (unpaired) electrons. The van der Waals surface area contributed by atoms with Crippen molar-refractivity contribution < 1.29 is 0 Å². The number of aryl methyl sites for hydroxylation is 1. The molecule has 1 unspecified atom stereocenters. The van der Waals surface area contributed by atoms with Gasteiger partial charge in [-0.3, -0.25) is 0 Å². The van der Waals surface area contributed by atoms with Crippen molar-refractivity contribution in [1.29, 1.82) is 0 Å². The molecule has 1 aromatic rings. The van der Waals surface area contributed by atoms with Gasteiger partial charge in [-0.1, -0.05) is 6.92 Å². The predicted octanol–water partition coefficient (Wildman–Crippen LogP) is 3.12. The van der Waals surface area contributed by atoms with Gasteiger partial charge >= 0.3 is 0 Å². The van der Waals surface area contributed by atoms with Crippen LogP contribution in [0, 0.1) is 6.92 Å². The summed E-state index contributed by atoms with van der Waals surface area (Å²) in [6.07, 6.45) is 5.63. The highest BCUT2D eigenvalue weighted by Crippen LogP contribution is 2.27. The summed E-state index contributed by atoms with van der Waals surface area (Å²) >= 11 is 3.66. The second kappa shape index (κ2) is 6.53. The Balaban J connectivity index is 2.22. The molecular weight excluding hydrogens is 290 g/mol. The zero-order chi connectivity index (χ0) is 13.0. The van der Waals surface area contributed by atoms with Crippen molar-refractivity contribution in [3.05, 3.63) is 22.3 Å². The third-order valence-corrected chi connectivity index (χ3v) is 3.99. The van der Waals surface area contributed by atoms with E-state index in [1.54, 1.807) is 0 Å². The molecule has 2 heterocycles. The lowest BCUT2D eigenvalue weighted by Crippen LogP contribution is -2.47. The molecule has 1 aromatic heterocycles. The van der Waals surface area contributed by atoms with E-state index in [1.165, 1.54) is 18.4 Å². The predicted molar refractivity (Wildman–Crippen MR) is 80.2 cm³/mol. The first kappa shape index (κ1) is 13.8. The minimum atomic E-state index is 0.574. The quantitative estimate of drug-likeness (QED) is 0.926. The highest BCUT2D eigenvalue weighted by Gasteiger charge is 2.23. The number of nitrogens with zero attached hydrogens (tertiary/aromatic N) is 2. The molecule has 0 spiro atoms. The van der Waals surface area contributed by atoms with E-state index >= 15 is 0 Å². The summed E-state index contributed by atoms with van der Waals surface area (Å²) in [4.78, 5) is 7.08. The van der Waals surface area contributed by atoms with Crippen molar-refractivity contribution in [3.63, 3.8) is 0 Å². The van der Waals surface area contributed by atoms with Crippen LogP contribution < -0.4 is 10.2 Å². The maximum Gasteiger partial charge on any atom is 0.143 e. The van der Waals surface area contributed by atoms with Crippen molar-refractivity contribution in [2.45, 2.75) is 39.2 Å². The number of halogens is 1. The van der Waals surface area contributed by atoms with Gasteiger partial charge in [0.15, 0.2) is 0 Å². The normalized spacial score (nSPS) is 19.8. The van der Waals surface area contributed by atoms with Crippen LogP contribution in [-0.2, 0) is 0 Å². The Morgan fingerprint density at radius 3 is 3.00 bits per heavy atom. The first-order valence-corrected chi connectivity index (χ1v) is 7.61. The molecule has 18 heavy (non-hydrogen) atoms. The maximum absolute atomic E-state index is 4.62. The van der Waals surface area contributed by atoms with Crippen molar-refractivity contribution in [3.8, 4) is 0 Å². The van der Waals surface area contributed by atoms with Gasteiger partial charge in [-0.05, 0) is 60.3 Å². The van der Waals surface area contributed by atoms with Gasteiger partial charge < -0.3 is 10.2 Å². The number of aromatic nitrogens is 1. The molecule has 2 rings (SSSR count). The molecule has 4 heteroatoms. The zero-order valence-electron chi connectivity index (χ0n) is 11.2. The molecule has 1 aliphatic rings. The standard InChI is InChI=1S/C14H22BrN3/c1-3-7-18(12-5-4-6-16-10-12)14-13(15)8-11(2)9-17-14/h8-9,12,16H,3-7,10H2,1-2H3. The average molecular weight is 312 g/mol. The van der Waals surface area contributed by atoms with Crippen LogP contribution in [0.2, 0.25) is 0 Å². The smallest absolute Gasteiger partial charge is 0.143 e. The largest absolute Gasteiger partial charge is 0.351 e. The molecule has 1 atom stereocenters. The van der Waals surface area contributed by atoms with Gasteiger partial charge in [-0.25, -0.2) is 4.98 Å². The Morgan fingerprint density at radius 2 is 2.39 bits per heavy atom. The molecule has 3 nitrogen and oxygen atoms in total. The lowest BCUT2D eigenvalue weighted by Gasteiger charge is -2.36. The number of hydrogen-bond acceptors (Lipinski definition) is 3. The second-order valence-electron chi connectivity index (χ2n) is 5.01. The third-order valence-electron chi connectivity index (χ3n) is 3.41. The fraction of sp³-hybridized carbons (Fsp3) is 0.643. The number of pyridine rings is 1. The zero-order valence-corrected chi connectivity index (χ0v) is 12.8. The molecule has 1 fully saturated rings. The van der Waals surface area contributed by atoms with E-state index in [0.29, 0.717) is 6.04 Å². The molecule has 1 saturated heterocycles. The van der Waals surface area contributed by atoms with Crippen LogP contribution in [-0.4, -0.2) is 30.7 Å². The van der Waals surface area contributed by atoms with Crippen molar-refractivity contribution in [1.82, 2.24) is 10.3 Å². The van der Waals surface area contributed by atoms with Gasteiger partial charge in [0.05, 0.1) is 4.47 Å². The molecule has 0 aliphatic carbocycles. The topological polar surface area (TPSA) is 28.2 Å². The Bertz CT molecular complexity index is 389. The first-order chi connectivity index (χ1) is 8.72. The van der Waals surface area contributed by atoms with E-state index in [4.69, 9.17) is 0 Å². The highest BCUT2D eigenvalue weighted by molar-refractivity contribution is 9.10. The Hall–Kier alpha value is -0.610. The molecule has 0 saturated carbocycles. The van der Waals surface area contributed by atoms with Gasteiger partial charge in [-0.15, -0.1) is 0 Å². The van der Waals surface area contributed by atoms with E-state index in [0.717, 1.165) is 36.3 Å². The average Bonchev–Trinajstić information content (AvgIpc) is 2.38. The summed E-state index contributed by atoms with van der Waals surface area (Å²) in [7, 11) is 0. The van der Waals surface area contributed by atoms with E-state index in [1.807, 2.05) is 6.20 Å². The first-order valence-electron chi connectivity index (χ1n) is 6.82. The molecule has 1 N–H and O–H groups in total. The van der Waals surface area contributed by atoms with Gasteiger partial charge in [-0.2, -0.15) is 0 Å². The maximum atomic E-state index is 4.62. The summed E-state index contributed by atoms with van der Waals surface area (Å²) in [5.74, 6) is 1.09. The van der Waals surface area contributed by atoms with E-state index in [-0.39, 0.29) is 0 Å². The van der Waals surface area contributed by atoms with Gasteiger partial charge in [0.1, 0.15) is 5.82 Å². The summed E-state index contributed by atoms with van der Waals surface area (Å²) < 4.78 is 1.11. The summed E-state index contributed by atoms with van der Waals surface area (Å²) in [6.45, 7) is 7.60. The molecular formula is C14H22BrN3. The third kappa shape index (κ3) is 3.23. The van der Waals surface area contributed by atoms with Crippen LogP contribution in [0.25, 0.3) is 0 Å². The molecule has 0 aromatic carbocycles. The Kier molecular flexibility index (Phi) is 5.01. The Labute approximate surface area is 118 Å². The highest BCUT2D eigenvalue weighted by atomic mass is 79.9. The molecule has 1 aliphatic heterocycles. The van der Waals surface area contributed by atoms with Crippen LogP contribution in [0.3, 0.4) is 0 Å². The fourth-order valence-electron chi connectivity index (χ4n) is 2.54. The monoisotopic (exact) mass is 311 g/mol. The molecule has 100 valence electrons. The second-order valence-corrected chi connectivity index (χ2v) is 5.87. The minimum Gasteiger partial charge on any atom is -0.351 e. The molecule has 0 bridgehead atoms. The van der Waals surface area contributed by atoms with Gasteiger partial charge in [0.2, 0.25) is 0 Å². The van der Waals surface area contributed by atoms with Crippen LogP contribution in [0.1, 0.15) is 31.7 Å². The number of hydrogen-bond donors (Lipinski definition) is 1. The lowest BCUT2D eigenvalue weighted by molar-refractivity contribution is 0.428. The van der Waals surface area contributed by atoms with Gasteiger partial charge in [0.25, 0.3) is 0 Å². The molecule has 0 amide bonds. The lowest BCUT2D eigenvalue weighted by atomic mass is 10.1. The number of piperidine rings is 1. The number of anilines is 1. The SMILES string of the molecule is CCCN(c1ncc(C)cc1Br)C1CCCNC1. The fourth-order valence-corrected chi connectivity index (χ4v) is 3.23. The van der Waals surface area contributed by atoms with Crippen LogP contribution in [0.5, 0.6) is 0 Å². The number of nitrogens with one attached hydrogen (secondary N) is 1. The van der Waals surface area contributed by atoms with E-state index in [9.17, 15) is 0 Å². The minimum absolute atomic E-state index is 0.574. The summed E-state index contributed by atoms with van der Waals surface area (Å²) in [5, 5.41) is 3.49. The van der Waals surface area contributed by atoms with Crippen molar-refractivity contribution in [2.75, 3.05) is 24.5 Å². The van der Waals surface area contributed by atoms with Gasteiger partial charge in [0, 0.05) is 25.3 Å². The number of rotatable bonds is 4. The van der Waals surface area contributed by atoms with Crippen molar-refractivity contribution in [2.24, 2.45) is 0 Å². The van der Waals surface area contributed by atoms with Crippen LogP contribution in [0.4, 0.5) is 5.82 Å². The summed E-state index contributed by atoms with van der Waals surface area (Å²) in [6, 6.07) is 2.73. The summed E-state index contributed by atoms with van der Waals surface area (Å²) in [5.41, 5.74) is 1.20. The Morgan fingerprint density at radius 1 is 1.56 bits per heavy atom.